The topological polar surface area (TPSA) is 68.6 Å². The molecule has 1 aliphatic rings. The standard InChI is InChI=1S/C8H6N2O2S/c9-7-6(13-8(11)10-7)4-5-2-1-3-12-5/h1-4H,(H2,9,10,11)/b6-4-. The van der Waals surface area contributed by atoms with Gasteiger partial charge in [0.25, 0.3) is 0 Å². The van der Waals surface area contributed by atoms with Crippen LogP contribution in [0.25, 0.3) is 6.08 Å². The van der Waals surface area contributed by atoms with Crippen molar-refractivity contribution in [3.05, 3.63) is 29.1 Å². The van der Waals surface area contributed by atoms with Crippen LogP contribution in [-0.2, 0) is 0 Å². The van der Waals surface area contributed by atoms with Crippen molar-refractivity contribution in [2.24, 2.45) is 10.7 Å². The molecule has 0 unspecified atom stereocenters. The zero-order chi connectivity index (χ0) is 9.26. The van der Waals surface area contributed by atoms with E-state index in [0.29, 0.717) is 10.7 Å². The fourth-order valence-corrected chi connectivity index (χ4v) is 1.59. The molecule has 0 aliphatic carbocycles. The van der Waals surface area contributed by atoms with Gasteiger partial charge in [-0.2, -0.15) is 4.99 Å². The third-order valence-corrected chi connectivity index (χ3v) is 2.29. The van der Waals surface area contributed by atoms with Crippen LogP contribution in [0.1, 0.15) is 5.76 Å². The fourth-order valence-electron chi connectivity index (χ4n) is 0.929. The lowest BCUT2D eigenvalue weighted by Crippen LogP contribution is -2.08. The van der Waals surface area contributed by atoms with Gasteiger partial charge >= 0.3 is 5.24 Å². The highest BCUT2D eigenvalue weighted by Gasteiger charge is 2.18. The molecule has 0 bridgehead atoms. The van der Waals surface area contributed by atoms with Crippen LogP contribution in [-0.4, -0.2) is 11.1 Å². The maximum Gasteiger partial charge on any atom is 0.311 e. The average Bonchev–Trinajstić information content (AvgIpc) is 2.63. The van der Waals surface area contributed by atoms with Crippen LogP contribution < -0.4 is 5.73 Å². The largest absolute Gasteiger partial charge is 0.465 e. The molecule has 13 heavy (non-hydrogen) atoms. The van der Waals surface area contributed by atoms with Gasteiger partial charge in [0.2, 0.25) is 0 Å². The van der Waals surface area contributed by atoms with E-state index in [1.807, 2.05) is 0 Å². The van der Waals surface area contributed by atoms with Gasteiger partial charge in [-0.3, -0.25) is 4.79 Å². The van der Waals surface area contributed by atoms with Crippen molar-refractivity contribution in [3.63, 3.8) is 0 Å². The Labute approximate surface area is 78.5 Å². The van der Waals surface area contributed by atoms with E-state index < -0.39 is 0 Å². The first-order chi connectivity index (χ1) is 6.25. The zero-order valence-electron chi connectivity index (χ0n) is 6.56. The SMILES string of the molecule is NC1=NC(=O)S/C1=C\c1ccco1. The minimum absolute atomic E-state index is 0.256. The summed E-state index contributed by atoms with van der Waals surface area (Å²) in [6.07, 6.45) is 3.25. The Kier molecular flexibility index (Phi) is 1.94. The molecule has 66 valence electrons. The van der Waals surface area contributed by atoms with Gasteiger partial charge in [0.1, 0.15) is 11.6 Å². The van der Waals surface area contributed by atoms with Gasteiger partial charge in [-0.15, -0.1) is 0 Å². The summed E-state index contributed by atoms with van der Waals surface area (Å²) < 4.78 is 5.07. The Morgan fingerprint density at radius 3 is 3.00 bits per heavy atom. The van der Waals surface area contributed by atoms with Crippen molar-refractivity contribution >= 4 is 28.9 Å². The van der Waals surface area contributed by atoms with Crippen LogP contribution in [0.2, 0.25) is 0 Å². The molecule has 2 N–H and O–H groups in total. The molecule has 0 aromatic carbocycles. The van der Waals surface area contributed by atoms with Gasteiger partial charge in [0, 0.05) is 0 Å². The van der Waals surface area contributed by atoms with Crippen LogP contribution in [0, 0.1) is 0 Å². The number of amides is 1. The van der Waals surface area contributed by atoms with Crippen LogP contribution >= 0.6 is 11.8 Å². The molecule has 1 aliphatic heterocycles. The van der Waals surface area contributed by atoms with E-state index in [4.69, 9.17) is 10.2 Å². The lowest BCUT2D eigenvalue weighted by molar-refractivity contribution is 0.268. The van der Waals surface area contributed by atoms with Crippen molar-refractivity contribution in [1.82, 2.24) is 0 Å². The van der Waals surface area contributed by atoms with E-state index in [0.717, 1.165) is 11.8 Å². The Morgan fingerprint density at radius 2 is 2.46 bits per heavy atom. The molecular formula is C8H6N2O2S. The highest BCUT2D eigenvalue weighted by Crippen LogP contribution is 2.27. The van der Waals surface area contributed by atoms with Gasteiger partial charge in [-0.1, -0.05) is 0 Å². The molecule has 1 amide bonds. The number of hydrogen-bond donors (Lipinski definition) is 1. The Balaban J connectivity index is 2.29. The second-order valence-electron chi connectivity index (χ2n) is 2.39. The number of carbonyl (C=O) groups is 1. The predicted octanol–water partition coefficient (Wildman–Crippen LogP) is 1.84. The van der Waals surface area contributed by atoms with Crippen molar-refractivity contribution in [1.29, 1.82) is 0 Å². The molecule has 1 aromatic heterocycles. The minimum atomic E-state index is -0.282. The van der Waals surface area contributed by atoms with Crippen molar-refractivity contribution < 1.29 is 9.21 Å². The van der Waals surface area contributed by atoms with E-state index in [9.17, 15) is 4.79 Å². The second kappa shape index (κ2) is 3.10. The summed E-state index contributed by atoms with van der Waals surface area (Å²) >= 11 is 1.01. The molecule has 0 spiro atoms. The summed E-state index contributed by atoms with van der Waals surface area (Å²) in [5.74, 6) is 0.918. The fraction of sp³-hybridized carbons (Fsp3) is 0. The summed E-state index contributed by atoms with van der Waals surface area (Å²) in [5, 5.41) is -0.282. The number of hydrogen-bond acceptors (Lipinski definition) is 4. The summed E-state index contributed by atoms with van der Waals surface area (Å²) in [4.78, 5) is 15.0. The molecule has 0 atom stereocenters. The number of nitrogens with two attached hydrogens (primary N) is 1. The first kappa shape index (κ1) is 8.12. The summed E-state index contributed by atoms with van der Waals surface area (Å²) in [6.45, 7) is 0. The predicted molar refractivity (Wildman–Crippen MR) is 51.3 cm³/mol. The van der Waals surface area contributed by atoms with Crippen molar-refractivity contribution in [2.45, 2.75) is 0 Å². The van der Waals surface area contributed by atoms with Gasteiger partial charge < -0.3 is 10.2 Å². The maximum atomic E-state index is 10.8. The van der Waals surface area contributed by atoms with Crippen LogP contribution in [0.5, 0.6) is 0 Å². The quantitative estimate of drug-likeness (QED) is 0.740. The Hall–Kier alpha value is -1.49. The van der Waals surface area contributed by atoms with Crippen LogP contribution in [0.4, 0.5) is 4.79 Å². The summed E-state index contributed by atoms with van der Waals surface area (Å²) in [6, 6.07) is 3.55. The lowest BCUT2D eigenvalue weighted by Gasteiger charge is -1.91. The molecule has 0 saturated carbocycles. The molecule has 2 heterocycles. The number of nitrogens with zero attached hydrogens (tertiary/aromatic N) is 1. The highest BCUT2D eigenvalue weighted by molar-refractivity contribution is 8.18. The van der Waals surface area contributed by atoms with E-state index in [-0.39, 0.29) is 11.1 Å². The molecule has 1 aromatic rings. The van der Waals surface area contributed by atoms with E-state index in [1.165, 1.54) is 0 Å². The van der Waals surface area contributed by atoms with Gasteiger partial charge in [-0.05, 0) is 30.0 Å². The first-order valence-electron chi connectivity index (χ1n) is 3.57. The number of rotatable bonds is 1. The maximum absolute atomic E-state index is 10.8. The molecule has 0 saturated heterocycles. The summed E-state index contributed by atoms with van der Waals surface area (Å²) in [5.41, 5.74) is 5.48. The Morgan fingerprint density at radius 1 is 1.62 bits per heavy atom. The van der Waals surface area contributed by atoms with Gasteiger partial charge in [0.15, 0.2) is 0 Å². The third kappa shape index (κ3) is 1.65. The number of aliphatic imine (C=N–C) groups is 1. The Bertz CT molecular complexity index is 392. The van der Waals surface area contributed by atoms with Crippen molar-refractivity contribution in [3.8, 4) is 0 Å². The van der Waals surface area contributed by atoms with Crippen LogP contribution in [0.15, 0.2) is 32.7 Å². The van der Waals surface area contributed by atoms with E-state index >= 15 is 0 Å². The normalized spacial score (nSPS) is 19.5. The summed E-state index contributed by atoms with van der Waals surface area (Å²) in [7, 11) is 0. The number of thioether (sulfide) groups is 1. The molecule has 0 radical (unpaired) electrons. The van der Waals surface area contributed by atoms with Crippen molar-refractivity contribution in [2.75, 3.05) is 0 Å². The average molecular weight is 194 g/mol. The van der Waals surface area contributed by atoms with Crippen LogP contribution in [0.3, 0.4) is 0 Å². The number of carbonyl (C=O) groups excluding carboxylic acids is 1. The number of amidine groups is 1. The highest BCUT2D eigenvalue weighted by atomic mass is 32.2. The van der Waals surface area contributed by atoms with Gasteiger partial charge in [0.05, 0.1) is 11.2 Å². The number of furan rings is 1. The smallest absolute Gasteiger partial charge is 0.311 e. The van der Waals surface area contributed by atoms with E-state index in [2.05, 4.69) is 4.99 Å². The van der Waals surface area contributed by atoms with E-state index in [1.54, 1.807) is 24.5 Å². The molecule has 2 rings (SSSR count). The third-order valence-electron chi connectivity index (χ3n) is 1.48. The monoisotopic (exact) mass is 194 g/mol. The molecule has 5 heteroatoms. The molecular weight excluding hydrogens is 188 g/mol. The first-order valence-corrected chi connectivity index (χ1v) is 4.39. The minimum Gasteiger partial charge on any atom is -0.465 e. The molecule has 4 nitrogen and oxygen atoms in total. The lowest BCUT2D eigenvalue weighted by atomic mass is 10.4. The zero-order valence-corrected chi connectivity index (χ0v) is 7.38. The molecule has 0 fully saturated rings. The second-order valence-corrected chi connectivity index (χ2v) is 3.38. The van der Waals surface area contributed by atoms with Gasteiger partial charge in [-0.25, -0.2) is 0 Å².